The van der Waals surface area contributed by atoms with E-state index in [4.69, 9.17) is 4.74 Å². The molecule has 0 spiro atoms. The van der Waals surface area contributed by atoms with Crippen molar-refractivity contribution in [2.75, 3.05) is 26.8 Å². The Labute approximate surface area is 120 Å². The second kappa shape index (κ2) is 7.62. The molecule has 0 aliphatic heterocycles. The van der Waals surface area contributed by atoms with Crippen LogP contribution in [0.5, 0.6) is 5.75 Å². The monoisotopic (exact) mass is 279 g/mol. The standard InChI is InChI=1S/C16H25NO3/c1-20-15-7-3-4-12(8-15)16(19)10-17-9-13-5-2-6-14(13)11-18/h3-4,7-8,13-14,16-19H,2,5-6,9-11H2,1H3. The molecule has 0 aromatic heterocycles. The molecule has 0 heterocycles. The minimum Gasteiger partial charge on any atom is -0.497 e. The van der Waals surface area contributed by atoms with E-state index in [9.17, 15) is 10.2 Å². The summed E-state index contributed by atoms with van der Waals surface area (Å²) in [6.07, 6.45) is 2.98. The average Bonchev–Trinajstić information content (AvgIpc) is 2.94. The highest BCUT2D eigenvalue weighted by atomic mass is 16.5. The molecule has 112 valence electrons. The fraction of sp³-hybridized carbons (Fsp3) is 0.625. The molecule has 1 aliphatic rings. The van der Waals surface area contributed by atoms with Crippen LogP contribution < -0.4 is 10.1 Å². The zero-order valence-electron chi connectivity index (χ0n) is 12.1. The Morgan fingerprint density at radius 1 is 1.35 bits per heavy atom. The summed E-state index contributed by atoms with van der Waals surface area (Å²) in [6.45, 7) is 1.68. The van der Waals surface area contributed by atoms with Gasteiger partial charge in [0.05, 0.1) is 13.2 Å². The molecule has 3 N–H and O–H groups in total. The van der Waals surface area contributed by atoms with Crippen LogP contribution in [0, 0.1) is 11.8 Å². The molecular formula is C16H25NO3. The van der Waals surface area contributed by atoms with Crippen molar-refractivity contribution < 1.29 is 14.9 Å². The number of rotatable bonds is 7. The second-order valence-corrected chi connectivity index (χ2v) is 5.58. The van der Waals surface area contributed by atoms with Gasteiger partial charge in [-0.1, -0.05) is 18.6 Å². The first-order valence-electron chi connectivity index (χ1n) is 7.38. The number of ether oxygens (including phenoxy) is 1. The van der Waals surface area contributed by atoms with Crippen molar-refractivity contribution in [2.24, 2.45) is 11.8 Å². The van der Waals surface area contributed by atoms with Crippen molar-refractivity contribution in [1.82, 2.24) is 5.32 Å². The number of benzene rings is 1. The first-order chi connectivity index (χ1) is 9.74. The van der Waals surface area contributed by atoms with Gasteiger partial charge in [0.15, 0.2) is 0 Å². The van der Waals surface area contributed by atoms with Crippen LogP contribution in [0.2, 0.25) is 0 Å². The third-order valence-electron chi connectivity index (χ3n) is 4.27. The molecule has 4 heteroatoms. The zero-order valence-corrected chi connectivity index (χ0v) is 12.1. The highest BCUT2D eigenvalue weighted by molar-refractivity contribution is 5.29. The van der Waals surface area contributed by atoms with E-state index in [2.05, 4.69) is 5.32 Å². The minimum atomic E-state index is -0.529. The molecule has 1 aromatic rings. The fourth-order valence-corrected chi connectivity index (χ4v) is 2.99. The molecule has 0 saturated heterocycles. The summed E-state index contributed by atoms with van der Waals surface area (Å²) in [5.41, 5.74) is 0.863. The van der Waals surface area contributed by atoms with Gasteiger partial charge in [-0.3, -0.25) is 0 Å². The van der Waals surface area contributed by atoms with Crippen LogP contribution in [0.4, 0.5) is 0 Å². The molecular weight excluding hydrogens is 254 g/mol. The summed E-state index contributed by atoms with van der Waals surface area (Å²) in [5, 5.41) is 22.8. The minimum absolute atomic E-state index is 0.283. The van der Waals surface area contributed by atoms with E-state index in [1.54, 1.807) is 7.11 Å². The molecule has 0 bridgehead atoms. The van der Waals surface area contributed by atoms with E-state index >= 15 is 0 Å². The summed E-state index contributed by atoms with van der Waals surface area (Å²) in [7, 11) is 1.62. The molecule has 2 rings (SSSR count). The van der Waals surface area contributed by atoms with Crippen LogP contribution in [-0.2, 0) is 0 Å². The van der Waals surface area contributed by atoms with Gasteiger partial charge in [0.1, 0.15) is 5.75 Å². The van der Waals surface area contributed by atoms with Crippen molar-refractivity contribution in [1.29, 1.82) is 0 Å². The quantitative estimate of drug-likeness (QED) is 0.711. The Morgan fingerprint density at radius 2 is 2.15 bits per heavy atom. The molecule has 3 unspecified atom stereocenters. The molecule has 0 amide bonds. The third-order valence-corrected chi connectivity index (χ3v) is 4.27. The molecule has 20 heavy (non-hydrogen) atoms. The predicted molar refractivity (Wildman–Crippen MR) is 78.7 cm³/mol. The van der Waals surface area contributed by atoms with Gasteiger partial charge in [-0.25, -0.2) is 0 Å². The van der Waals surface area contributed by atoms with Crippen LogP contribution >= 0.6 is 0 Å². The van der Waals surface area contributed by atoms with Crippen molar-refractivity contribution in [3.8, 4) is 5.75 Å². The van der Waals surface area contributed by atoms with Gasteiger partial charge in [-0.05, 0) is 48.9 Å². The van der Waals surface area contributed by atoms with Gasteiger partial charge in [-0.2, -0.15) is 0 Å². The Balaban J connectivity index is 1.78. The van der Waals surface area contributed by atoms with E-state index in [1.165, 1.54) is 12.8 Å². The topological polar surface area (TPSA) is 61.7 Å². The second-order valence-electron chi connectivity index (χ2n) is 5.58. The summed E-state index contributed by atoms with van der Waals surface area (Å²) in [4.78, 5) is 0. The first-order valence-corrected chi connectivity index (χ1v) is 7.38. The largest absolute Gasteiger partial charge is 0.497 e. The van der Waals surface area contributed by atoms with Gasteiger partial charge in [0.2, 0.25) is 0 Å². The van der Waals surface area contributed by atoms with Crippen LogP contribution in [0.1, 0.15) is 30.9 Å². The molecule has 1 saturated carbocycles. The zero-order chi connectivity index (χ0) is 14.4. The summed E-state index contributed by atoms with van der Waals surface area (Å²) >= 11 is 0. The highest BCUT2D eigenvalue weighted by Gasteiger charge is 2.26. The normalized spacial score (nSPS) is 23.8. The van der Waals surface area contributed by atoms with Crippen LogP contribution in [0.25, 0.3) is 0 Å². The summed E-state index contributed by atoms with van der Waals surface area (Å²) in [6, 6.07) is 7.52. The van der Waals surface area contributed by atoms with Crippen molar-refractivity contribution in [2.45, 2.75) is 25.4 Å². The number of aliphatic hydroxyl groups excluding tert-OH is 2. The molecule has 0 radical (unpaired) electrons. The Kier molecular flexibility index (Phi) is 5.83. The van der Waals surface area contributed by atoms with Crippen LogP contribution in [0.15, 0.2) is 24.3 Å². The van der Waals surface area contributed by atoms with Gasteiger partial charge >= 0.3 is 0 Å². The first kappa shape index (κ1) is 15.3. The highest BCUT2D eigenvalue weighted by Crippen LogP contribution is 2.30. The number of hydrogen-bond donors (Lipinski definition) is 3. The van der Waals surface area contributed by atoms with E-state index in [-0.39, 0.29) is 6.61 Å². The smallest absolute Gasteiger partial charge is 0.119 e. The van der Waals surface area contributed by atoms with Crippen molar-refractivity contribution in [3.63, 3.8) is 0 Å². The Morgan fingerprint density at radius 3 is 2.90 bits per heavy atom. The van der Waals surface area contributed by atoms with Crippen molar-refractivity contribution in [3.05, 3.63) is 29.8 Å². The average molecular weight is 279 g/mol. The van der Waals surface area contributed by atoms with Gasteiger partial charge in [0, 0.05) is 13.2 Å². The van der Waals surface area contributed by atoms with E-state index < -0.39 is 6.10 Å². The van der Waals surface area contributed by atoms with Gasteiger partial charge in [-0.15, -0.1) is 0 Å². The predicted octanol–water partition coefficient (Wildman–Crippen LogP) is 1.73. The van der Waals surface area contributed by atoms with Gasteiger partial charge in [0.25, 0.3) is 0 Å². The van der Waals surface area contributed by atoms with E-state index in [1.807, 2.05) is 24.3 Å². The number of hydrogen-bond acceptors (Lipinski definition) is 4. The Bertz CT molecular complexity index is 410. The fourth-order valence-electron chi connectivity index (χ4n) is 2.99. The third kappa shape index (κ3) is 3.95. The molecule has 3 atom stereocenters. The van der Waals surface area contributed by atoms with Gasteiger partial charge < -0.3 is 20.3 Å². The lowest BCUT2D eigenvalue weighted by Crippen LogP contribution is -2.30. The molecule has 1 fully saturated rings. The van der Waals surface area contributed by atoms with Crippen molar-refractivity contribution >= 4 is 0 Å². The lowest BCUT2D eigenvalue weighted by Gasteiger charge is -2.19. The number of methoxy groups -OCH3 is 1. The number of nitrogens with one attached hydrogen (secondary N) is 1. The molecule has 4 nitrogen and oxygen atoms in total. The Hall–Kier alpha value is -1.10. The summed E-state index contributed by atoms with van der Waals surface area (Å²) in [5.74, 6) is 1.73. The van der Waals surface area contributed by atoms with Crippen LogP contribution in [-0.4, -0.2) is 37.0 Å². The summed E-state index contributed by atoms with van der Waals surface area (Å²) < 4.78 is 5.16. The molecule has 1 aromatic carbocycles. The maximum Gasteiger partial charge on any atom is 0.119 e. The molecule has 1 aliphatic carbocycles. The number of aliphatic hydroxyl groups is 2. The maximum atomic E-state index is 10.2. The van der Waals surface area contributed by atoms with Crippen LogP contribution in [0.3, 0.4) is 0 Å². The lowest BCUT2D eigenvalue weighted by molar-refractivity contribution is 0.162. The maximum absolute atomic E-state index is 10.2. The van der Waals surface area contributed by atoms with E-state index in [0.29, 0.717) is 18.4 Å². The lowest BCUT2D eigenvalue weighted by atomic mass is 9.97. The SMILES string of the molecule is COc1cccc(C(O)CNCC2CCCC2CO)c1. The van der Waals surface area contributed by atoms with E-state index in [0.717, 1.165) is 24.3 Å².